The van der Waals surface area contributed by atoms with E-state index < -0.39 is 20.7 Å². The van der Waals surface area contributed by atoms with Crippen LogP contribution in [0.4, 0.5) is 28.6 Å². The van der Waals surface area contributed by atoms with Gasteiger partial charge in [-0.05, 0) is 102 Å². The summed E-state index contributed by atoms with van der Waals surface area (Å²) in [6.07, 6.45) is 8.19. The van der Waals surface area contributed by atoms with Crippen LogP contribution >= 0.6 is 20.7 Å². The lowest BCUT2D eigenvalue weighted by molar-refractivity contribution is 1.18. The van der Waals surface area contributed by atoms with E-state index in [1.54, 1.807) is 6.20 Å². The highest BCUT2D eigenvalue weighted by Gasteiger charge is 2.25. The van der Waals surface area contributed by atoms with Crippen molar-refractivity contribution in [2.45, 2.75) is 0 Å². The number of anilines is 5. The minimum atomic E-state index is -0.483. The fraction of sp³-hybridized carbons (Fsp3) is 0. The van der Waals surface area contributed by atoms with Crippen LogP contribution in [0, 0.1) is 22.7 Å². The molecule has 272 valence electrons. The van der Waals surface area contributed by atoms with Crippen molar-refractivity contribution in [3.8, 4) is 34.4 Å². The number of hydrogen-bond acceptors (Lipinski definition) is 5. The molecule has 0 atom stereocenters. The summed E-state index contributed by atoms with van der Waals surface area (Å²) in [5.41, 5.74) is 8.85. The number of aromatic nitrogens is 1. The van der Waals surface area contributed by atoms with Crippen LogP contribution in [-0.2, 0) is 0 Å². The van der Waals surface area contributed by atoms with Gasteiger partial charge in [0.1, 0.15) is 18.0 Å². The lowest BCUT2D eigenvalue weighted by atomic mass is 9.91. The molecule has 1 aromatic heterocycles. The molecule has 2 heterocycles. The zero-order valence-electron chi connectivity index (χ0n) is 31.1. The number of allylic oxidation sites excluding steroid dienone is 3. The molecule has 0 saturated heterocycles. The average molecular weight is 854 g/mol. The molecule has 0 N–H and O–H groups in total. The minimum Gasteiger partial charge on any atom is -0.303 e. The van der Waals surface area contributed by atoms with E-state index in [2.05, 4.69) is 135 Å². The Bertz CT molecular complexity index is 3190. The molecule has 0 unspecified atom stereocenters. The SMILES string of the molecule is N#Cc1cc(-c2ccccc2)ccc1N(C1=CC=CC=I1)c1ccc2ccc3c(N(c4ccccn4)c4ccc(-c5ccccc5)cc4C#N)ccc4ccc1c2c43. The first-order chi connectivity index (χ1) is 28.7. The van der Waals surface area contributed by atoms with Gasteiger partial charge in [-0.2, -0.15) is 10.5 Å². The van der Waals surface area contributed by atoms with Crippen molar-refractivity contribution in [3.63, 3.8) is 0 Å². The Morgan fingerprint density at radius 2 is 0.983 bits per heavy atom. The van der Waals surface area contributed by atoms with Crippen molar-refractivity contribution >= 4 is 85.6 Å². The Hall–Kier alpha value is -7.39. The van der Waals surface area contributed by atoms with E-state index in [0.29, 0.717) is 16.9 Å². The van der Waals surface area contributed by atoms with E-state index in [4.69, 9.17) is 4.98 Å². The zero-order valence-corrected chi connectivity index (χ0v) is 33.2. The third kappa shape index (κ3) is 6.08. The molecular formula is C52H32IN5. The first kappa shape index (κ1) is 35.1. The number of rotatable bonds is 8. The van der Waals surface area contributed by atoms with Crippen molar-refractivity contribution in [2.24, 2.45) is 0 Å². The highest BCUT2D eigenvalue weighted by Crippen LogP contribution is 2.48. The smallest absolute Gasteiger partial charge is 0.137 e. The van der Waals surface area contributed by atoms with Gasteiger partial charge in [-0.25, -0.2) is 4.98 Å². The van der Waals surface area contributed by atoms with Gasteiger partial charge in [0.2, 0.25) is 0 Å². The topological polar surface area (TPSA) is 67.0 Å². The van der Waals surface area contributed by atoms with E-state index in [9.17, 15) is 10.5 Å². The fourth-order valence-corrected chi connectivity index (χ4v) is 10.1. The second kappa shape index (κ2) is 14.9. The van der Waals surface area contributed by atoms with E-state index >= 15 is 0 Å². The zero-order chi connectivity index (χ0) is 39.0. The molecule has 9 aromatic rings. The maximum absolute atomic E-state index is 10.7. The predicted molar refractivity (Wildman–Crippen MR) is 249 cm³/mol. The van der Waals surface area contributed by atoms with Gasteiger partial charge in [0.25, 0.3) is 0 Å². The molecule has 0 aliphatic carbocycles. The van der Waals surface area contributed by atoms with Gasteiger partial charge in [0.05, 0.1) is 37.6 Å². The van der Waals surface area contributed by atoms with Crippen LogP contribution in [0.2, 0.25) is 0 Å². The molecule has 0 spiro atoms. The van der Waals surface area contributed by atoms with E-state index in [-0.39, 0.29) is 0 Å². The summed E-state index contributed by atoms with van der Waals surface area (Å²) in [4.78, 5) is 9.25. The molecule has 8 aromatic carbocycles. The summed E-state index contributed by atoms with van der Waals surface area (Å²) < 4.78 is 3.45. The Kier molecular flexibility index (Phi) is 9.02. The largest absolute Gasteiger partial charge is 0.303 e. The van der Waals surface area contributed by atoms with Gasteiger partial charge in [-0.15, -0.1) is 0 Å². The second-order valence-electron chi connectivity index (χ2n) is 14.0. The summed E-state index contributed by atoms with van der Waals surface area (Å²) in [5, 5.41) is 28.0. The number of nitrogens with zero attached hydrogens (tertiary/aromatic N) is 5. The molecule has 6 heteroatoms. The summed E-state index contributed by atoms with van der Waals surface area (Å²) in [5.74, 6) is 0.716. The van der Waals surface area contributed by atoms with Crippen LogP contribution in [0.1, 0.15) is 11.1 Å². The Balaban J connectivity index is 1.19. The molecule has 0 saturated carbocycles. The molecule has 10 rings (SSSR count). The van der Waals surface area contributed by atoms with Gasteiger partial charge in [-0.3, -0.25) is 4.90 Å². The molecule has 58 heavy (non-hydrogen) atoms. The van der Waals surface area contributed by atoms with Gasteiger partial charge in [-0.1, -0.05) is 148 Å². The fourth-order valence-electron chi connectivity index (χ4n) is 8.08. The van der Waals surface area contributed by atoms with Crippen LogP contribution in [0.5, 0.6) is 0 Å². The number of nitriles is 2. The van der Waals surface area contributed by atoms with Crippen molar-refractivity contribution < 1.29 is 0 Å². The molecule has 1 aliphatic heterocycles. The number of benzene rings is 8. The molecule has 0 amide bonds. The quantitative estimate of drug-likeness (QED) is 0.0865. The Morgan fingerprint density at radius 1 is 0.466 bits per heavy atom. The van der Waals surface area contributed by atoms with Crippen LogP contribution < -0.4 is 9.80 Å². The molecular weight excluding hydrogens is 822 g/mol. The van der Waals surface area contributed by atoms with Crippen LogP contribution in [0.25, 0.3) is 54.6 Å². The molecule has 0 radical (unpaired) electrons. The Labute approximate surface area is 346 Å². The summed E-state index contributed by atoms with van der Waals surface area (Å²) in [6.45, 7) is 0. The second-order valence-corrected chi connectivity index (χ2v) is 16.4. The van der Waals surface area contributed by atoms with Gasteiger partial charge in [0, 0.05) is 17.0 Å². The summed E-state index contributed by atoms with van der Waals surface area (Å²) in [7, 11) is 0. The minimum absolute atomic E-state index is 0.483. The van der Waals surface area contributed by atoms with E-state index in [1.165, 1.54) is 3.70 Å². The van der Waals surface area contributed by atoms with Crippen molar-refractivity contribution in [1.82, 2.24) is 4.98 Å². The van der Waals surface area contributed by atoms with E-state index in [1.807, 2.05) is 72.8 Å². The highest BCUT2D eigenvalue weighted by atomic mass is 127. The van der Waals surface area contributed by atoms with Crippen molar-refractivity contribution in [3.05, 3.63) is 203 Å². The maximum Gasteiger partial charge on any atom is 0.137 e. The maximum atomic E-state index is 10.7. The number of halogens is 1. The average Bonchev–Trinajstić information content (AvgIpc) is 3.30. The highest BCUT2D eigenvalue weighted by molar-refractivity contribution is 14.2. The normalized spacial score (nSPS) is 12.2. The van der Waals surface area contributed by atoms with Gasteiger partial charge >= 0.3 is 0 Å². The standard InChI is InChI=1S/C52H32IN5/c54-33-41-31-39(35-11-3-1-4-12-35)21-25-45(41)57(49-15-7-9-29-53-49)47-27-19-37-18-24-44-48(28-20-38-17-23-43(47)51(37)52(38)44)58(50-16-8-10-30-56-50)46-26-22-40(32-42(46)34-55)36-13-5-2-6-14-36/h1-32H. The molecule has 0 fully saturated rings. The first-order valence-electron chi connectivity index (χ1n) is 18.9. The molecule has 5 nitrogen and oxygen atoms in total. The summed E-state index contributed by atoms with van der Waals surface area (Å²) >= 11 is -0.483. The van der Waals surface area contributed by atoms with Crippen molar-refractivity contribution in [1.29, 1.82) is 10.5 Å². The lowest BCUT2D eigenvalue weighted by Crippen LogP contribution is -2.16. The number of pyridine rings is 1. The monoisotopic (exact) mass is 853 g/mol. The first-order valence-corrected chi connectivity index (χ1v) is 21.3. The van der Waals surface area contributed by atoms with Crippen LogP contribution in [-0.4, -0.2) is 9.00 Å². The molecule has 0 bridgehead atoms. The summed E-state index contributed by atoms with van der Waals surface area (Å²) in [6, 6.07) is 61.1. The third-order valence-corrected chi connectivity index (χ3v) is 13.0. The van der Waals surface area contributed by atoms with Gasteiger partial charge < -0.3 is 4.90 Å². The predicted octanol–water partition coefficient (Wildman–Crippen LogP) is 13.8. The van der Waals surface area contributed by atoms with E-state index in [0.717, 1.165) is 77.3 Å². The van der Waals surface area contributed by atoms with Crippen LogP contribution in [0.3, 0.4) is 0 Å². The van der Waals surface area contributed by atoms with Crippen LogP contribution in [0.15, 0.2) is 192 Å². The van der Waals surface area contributed by atoms with Gasteiger partial charge in [0.15, 0.2) is 0 Å². The lowest BCUT2D eigenvalue weighted by Gasteiger charge is -2.30. The third-order valence-electron chi connectivity index (χ3n) is 10.7. The van der Waals surface area contributed by atoms with Crippen molar-refractivity contribution in [2.75, 3.05) is 9.80 Å². The molecule has 1 aliphatic rings. The number of hydrogen-bond donors (Lipinski definition) is 0. The Morgan fingerprint density at radius 3 is 1.50 bits per heavy atom.